The molecule has 1 heterocycles. The third-order valence-electron chi connectivity index (χ3n) is 4.74. The zero-order chi connectivity index (χ0) is 19.9. The lowest BCUT2D eigenvalue weighted by molar-refractivity contribution is -0.135. The Morgan fingerprint density at radius 2 is 1.86 bits per heavy atom. The number of hydrogen-bond acceptors (Lipinski definition) is 5. The molecule has 1 fully saturated rings. The van der Waals surface area contributed by atoms with Crippen LogP contribution in [0.4, 0.5) is 0 Å². The Bertz CT molecular complexity index is 860. The van der Waals surface area contributed by atoms with Gasteiger partial charge in [-0.05, 0) is 29.8 Å². The van der Waals surface area contributed by atoms with Crippen LogP contribution in [-0.4, -0.2) is 55.6 Å². The van der Waals surface area contributed by atoms with Gasteiger partial charge in [0.2, 0.25) is 0 Å². The average Bonchev–Trinajstić information content (AvgIpc) is 2.73. The van der Waals surface area contributed by atoms with E-state index in [4.69, 9.17) is 21.1 Å². The molecule has 1 aliphatic rings. The van der Waals surface area contributed by atoms with Crippen LogP contribution in [0.1, 0.15) is 11.6 Å². The maximum absolute atomic E-state index is 12.5. The Hall–Kier alpha value is -2.75. The summed E-state index contributed by atoms with van der Waals surface area (Å²) in [6, 6.07) is 16.6. The van der Waals surface area contributed by atoms with Crippen LogP contribution in [0, 0.1) is 11.3 Å². The normalized spacial score (nSPS) is 15.5. The molecule has 0 saturated carbocycles. The van der Waals surface area contributed by atoms with Crippen molar-refractivity contribution in [1.82, 2.24) is 9.80 Å². The summed E-state index contributed by atoms with van der Waals surface area (Å²) in [5.41, 5.74) is 0.870. The predicted octanol–water partition coefficient (Wildman–Crippen LogP) is 3.14. The van der Waals surface area contributed by atoms with Gasteiger partial charge < -0.3 is 14.4 Å². The highest BCUT2D eigenvalue weighted by atomic mass is 35.5. The minimum atomic E-state index is -0.374. The van der Waals surface area contributed by atoms with Gasteiger partial charge in [-0.1, -0.05) is 35.9 Å². The number of nitrogens with zero attached hydrogens (tertiary/aromatic N) is 3. The summed E-state index contributed by atoms with van der Waals surface area (Å²) in [4.78, 5) is 16.3. The lowest BCUT2D eigenvalue weighted by Gasteiger charge is -2.37. The first kappa shape index (κ1) is 20.0. The minimum absolute atomic E-state index is 0.0453. The molecule has 2 aromatic rings. The number of halogens is 1. The summed E-state index contributed by atoms with van der Waals surface area (Å²) in [5, 5.41) is 10.2. The molecule has 1 unspecified atom stereocenters. The molecule has 0 spiro atoms. The smallest absolute Gasteiger partial charge is 0.260 e. The Morgan fingerprint density at radius 3 is 2.50 bits per heavy atom. The van der Waals surface area contributed by atoms with Crippen molar-refractivity contribution in [3.8, 4) is 17.6 Å². The molecule has 28 heavy (non-hydrogen) atoms. The fourth-order valence-electron chi connectivity index (χ4n) is 3.24. The first-order valence-electron chi connectivity index (χ1n) is 9.05. The minimum Gasteiger partial charge on any atom is -0.493 e. The van der Waals surface area contributed by atoms with E-state index in [1.54, 1.807) is 30.2 Å². The van der Waals surface area contributed by atoms with Gasteiger partial charge in [0.05, 0.1) is 13.2 Å². The molecule has 3 rings (SSSR count). The number of piperazine rings is 1. The predicted molar refractivity (Wildman–Crippen MR) is 106 cm³/mol. The number of rotatable bonds is 6. The molecule has 1 atom stereocenters. The molecule has 2 aromatic carbocycles. The van der Waals surface area contributed by atoms with Crippen molar-refractivity contribution in [3.63, 3.8) is 0 Å². The quantitative estimate of drug-likeness (QED) is 0.746. The van der Waals surface area contributed by atoms with Gasteiger partial charge in [0.1, 0.15) is 6.04 Å². The van der Waals surface area contributed by atoms with E-state index in [9.17, 15) is 10.1 Å². The van der Waals surface area contributed by atoms with Crippen molar-refractivity contribution in [2.45, 2.75) is 6.04 Å². The summed E-state index contributed by atoms with van der Waals surface area (Å²) in [7, 11) is 1.56. The average molecular weight is 400 g/mol. The van der Waals surface area contributed by atoms with Crippen molar-refractivity contribution >= 4 is 17.5 Å². The number of para-hydroxylation sites is 2. The largest absolute Gasteiger partial charge is 0.493 e. The summed E-state index contributed by atoms with van der Waals surface area (Å²) in [5.74, 6) is 1.06. The molecule has 1 saturated heterocycles. The summed E-state index contributed by atoms with van der Waals surface area (Å²) >= 11 is 6.05. The van der Waals surface area contributed by atoms with Crippen LogP contribution in [0.3, 0.4) is 0 Å². The zero-order valence-corrected chi connectivity index (χ0v) is 16.4. The Kier molecular flexibility index (Phi) is 6.75. The highest BCUT2D eigenvalue weighted by Crippen LogP contribution is 2.26. The molecule has 6 nitrogen and oxygen atoms in total. The van der Waals surface area contributed by atoms with Crippen LogP contribution in [0.5, 0.6) is 11.5 Å². The van der Waals surface area contributed by atoms with Crippen LogP contribution >= 0.6 is 11.6 Å². The highest BCUT2D eigenvalue weighted by molar-refractivity contribution is 6.30. The van der Waals surface area contributed by atoms with Crippen molar-refractivity contribution in [2.75, 3.05) is 39.9 Å². The molecular formula is C21H22ClN3O3. The molecule has 0 aliphatic carbocycles. The van der Waals surface area contributed by atoms with Crippen molar-refractivity contribution in [1.29, 1.82) is 5.26 Å². The Labute approximate surface area is 169 Å². The van der Waals surface area contributed by atoms with Crippen molar-refractivity contribution < 1.29 is 14.3 Å². The van der Waals surface area contributed by atoms with E-state index in [1.807, 2.05) is 30.3 Å². The van der Waals surface area contributed by atoms with Gasteiger partial charge in [0.25, 0.3) is 5.91 Å². The van der Waals surface area contributed by atoms with Gasteiger partial charge >= 0.3 is 0 Å². The van der Waals surface area contributed by atoms with Crippen molar-refractivity contribution in [3.05, 3.63) is 59.1 Å². The van der Waals surface area contributed by atoms with E-state index in [-0.39, 0.29) is 18.6 Å². The zero-order valence-electron chi connectivity index (χ0n) is 15.7. The summed E-state index contributed by atoms with van der Waals surface area (Å²) in [6.45, 7) is 2.28. The fourth-order valence-corrected chi connectivity index (χ4v) is 3.44. The van der Waals surface area contributed by atoms with Crippen molar-refractivity contribution in [2.24, 2.45) is 0 Å². The number of ether oxygens (including phenoxy) is 2. The second-order valence-corrected chi connectivity index (χ2v) is 6.88. The lowest BCUT2D eigenvalue weighted by atomic mass is 10.1. The Balaban J connectivity index is 1.54. The summed E-state index contributed by atoms with van der Waals surface area (Å²) < 4.78 is 10.9. The lowest BCUT2D eigenvalue weighted by Crippen LogP contribution is -2.50. The van der Waals surface area contributed by atoms with Gasteiger partial charge in [-0.3, -0.25) is 9.69 Å². The number of nitriles is 1. The first-order chi connectivity index (χ1) is 13.6. The molecule has 146 valence electrons. The van der Waals surface area contributed by atoms with Crippen LogP contribution in [0.2, 0.25) is 5.02 Å². The van der Waals surface area contributed by atoms with E-state index in [2.05, 4.69) is 11.0 Å². The highest BCUT2D eigenvalue weighted by Gasteiger charge is 2.27. The van der Waals surface area contributed by atoms with E-state index in [0.29, 0.717) is 42.7 Å². The third kappa shape index (κ3) is 4.75. The molecule has 0 N–H and O–H groups in total. The first-order valence-corrected chi connectivity index (χ1v) is 9.43. The maximum atomic E-state index is 12.5. The molecular weight excluding hydrogens is 378 g/mol. The SMILES string of the molecule is COc1ccccc1OCC(=O)N1CCN(C(C#N)c2cccc(Cl)c2)CC1. The van der Waals surface area contributed by atoms with E-state index >= 15 is 0 Å². The number of hydrogen-bond donors (Lipinski definition) is 0. The van der Waals surface area contributed by atoms with Crippen LogP contribution < -0.4 is 9.47 Å². The number of amides is 1. The molecule has 1 amide bonds. The van der Waals surface area contributed by atoms with Crippen LogP contribution in [0.15, 0.2) is 48.5 Å². The monoisotopic (exact) mass is 399 g/mol. The van der Waals surface area contributed by atoms with Gasteiger partial charge in [-0.2, -0.15) is 5.26 Å². The molecule has 0 radical (unpaired) electrons. The molecule has 0 aromatic heterocycles. The fraction of sp³-hybridized carbons (Fsp3) is 0.333. The second-order valence-electron chi connectivity index (χ2n) is 6.44. The van der Waals surface area contributed by atoms with Crippen LogP contribution in [0.25, 0.3) is 0 Å². The molecule has 7 heteroatoms. The number of methoxy groups -OCH3 is 1. The van der Waals surface area contributed by atoms with E-state index < -0.39 is 0 Å². The third-order valence-corrected chi connectivity index (χ3v) is 4.97. The van der Waals surface area contributed by atoms with Crippen LogP contribution in [-0.2, 0) is 4.79 Å². The molecule has 0 bridgehead atoms. The maximum Gasteiger partial charge on any atom is 0.260 e. The van der Waals surface area contributed by atoms with Gasteiger partial charge in [-0.25, -0.2) is 0 Å². The standard InChI is InChI=1S/C21H22ClN3O3/c1-27-19-7-2-3-8-20(19)28-15-21(26)25-11-9-24(10-12-25)18(14-23)16-5-4-6-17(22)13-16/h2-8,13,18H,9-12,15H2,1H3. The van der Waals surface area contributed by atoms with Gasteiger partial charge in [-0.15, -0.1) is 0 Å². The Morgan fingerprint density at radius 1 is 1.14 bits per heavy atom. The van der Waals surface area contributed by atoms with Gasteiger partial charge in [0, 0.05) is 31.2 Å². The number of carbonyl (C=O) groups is 1. The number of carbonyl (C=O) groups excluding carboxylic acids is 1. The molecule has 1 aliphatic heterocycles. The second kappa shape index (κ2) is 9.45. The summed E-state index contributed by atoms with van der Waals surface area (Å²) in [6.07, 6.45) is 0. The van der Waals surface area contributed by atoms with E-state index in [1.165, 1.54) is 0 Å². The number of benzene rings is 2. The van der Waals surface area contributed by atoms with E-state index in [0.717, 1.165) is 5.56 Å². The van der Waals surface area contributed by atoms with Gasteiger partial charge in [0.15, 0.2) is 18.1 Å². The topological polar surface area (TPSA) is 65.8 Å².